The van der Waals surface area contributed by atoms with Crippen LogP contribution in [0.3, 0.4) is 0 Å². The van der Waals surface area contributed by atoms with E-state index in [1.165, 1.54) is 31.2 Å². The Hall–Kier alpha value is -3.40. The van der Waals surface area contributed by atoms with Gasteiger partial charge in [0.15, 0.2) is 11.9 Å². The van der Waals surface area contributed by atoms with Gasteiger partial charge in [0, 0.05) is 11.8 Å². The van der Waals surface area contributed by atoms with Crippen LogP contribution in [0.1, 0.15) is 12.5 Å². The van der Waals surface area contributed by atoms with Crippen molar-refractivity contribution in [3.63, 3.8) is 0 Å². The number of benzene rings is 2. The number of anilines is 1. The fourth-order valence-electron chi connectivity index (χ4n) is 1.86. The molecule has 1 N–H and O–H groups in total. The number of nitro benzene ring substituents is 1. The summed E-state index contributed by atoms with van der Waals surface area (Å²) >= 11 is 0. The van der Waals surface area contributed by atoms with E-state index < -0.39 is 16.9 Å². The molecule has 116 valence electrons. The lowest BCUT2D eigenvalue weighted by Gasteiger charge is -2.14. The van der Waals surface area contributed by atoms with E-state index in [1.807, 2.05) is 6.07 Å². The number of nitriles is 1. The molecule has 0 aliphatic carbocycles. The van der Waals surface area contributed by atoms with Gasteiger partial charge in [-0.3, -0.25) is 14.9 Å². The first-order valence-electron chi connectivity index (χ1n) is 6.72. The Balaban J connectivity index is 2.09. The molecule has 0 bridgehead atoms. The summed E-state index contributed by atoms with van der Waals surface area (Å²) < 4.78 is 5.38. The first-order chi connectivity index (χ1) is 11.0. The van der Waals surface area contributed by atoms with Crippen LogP contribution < -0.4 is 10.1 Å². The molecule has 7 heteroatoms. The smallest absolute Gasteiger partial charge is 0.310 e. The highest BCUT2D eigenvalue weighted by molar-refractivity contribution is 5.94. The van der Waals surface area contributed by atoms with E-state index in [9.17, 15) is 14.9 Å². The Kier molecular flexibility index (Phi) is 4.89. The first-order valence-corrected chi connectivity index (χ1v) is 6.72. The van der Waals surface area contributed by atoms with Crippen molar-refractivity contribution in [3.05, 3.63) is 64.2 Å². The third-order valence-electron chi connectivity index (χ3n) is 2.99. The summed E-state index contributed by atoms with van der Waals surface area (Å²) in [7, 11) is 0. The van der Waals surface area contributed by atoms with Crippen molar-refractivity contribution in [1.82, 2.24) is 0 Å². The molecule has 7 nitrogen and oxygen atoms in total. The quantitative estimate of drug-likeness (QED) is 0.675. The predicted molar refractivity (Wildman–Crippen MR) is 83.0 cm³/mol. The van der Waals surface area contributed by atoms with E-state index in [2.05, 4.69) is 5.32 Å². The van der Waals surface area contributed by atoms with Crippen LogP contribution in [0.5, 0.6) is 5.75 Å². The molecule has 2 aromatic rings. The molecule has 0 aliphatic heterocycles. The second-order valence-corrected chi connectivity index (χ2v) is 4.67. The van der Waals surface area contributed by atoms with Gasteiger partial charge in [-0.15, -0.1) is 0 Å². The van der Waals surface area contributed by atoms with Crippen LogP contribution in [0.2, 0.25) is 0 Å². The van der Waals surface area contributed by atoms with Crippen LogP contribution >= 0.6 is 0 Å². The highest BCUT2D eigenvalue weighted by Gasteiger charge is 2.20. The number of amides is 1. The molecule has 1 unspecified atom stereocenters. The fraction of sp³-hybridized carbons (Fsp3) is 0.125. The van der Waals surface area contributed by atoms with Crippen LogP contribution in [0, 0.1) is 21.4 Å². The number of carbonyl (C=O) groups is 1. The second kappa shape index (κ2) is 7.04. The summed E-state index contributed by atoms with van der Waals surface area (Å²) in [6, 6.07) is 14.2. The van der Waals surface area contributed by atoms with Crippen molar-refractivity contribution >= 4 is 17.3 Å². The lowest BCUT2D eigenvalue weighted by atomic mass is 10.2. The molecule has 1 atom stereocenters. The fourth-order valence-corrected chi connectivity index (χ4v) is 1.86. The molecule has 0 aromatic heterocycles. The Labute approximate surface area is 132 Å². The Morgan fingerprint density at radius 3 is 2.74 bits per heavy atom. The second-order valence-electron chi connectivity index (χ2n) is 4.67. The van der Waals surface area contributed by atoms with Crippen molar-refractivity contribution in [2.24, 2.45) is 0 Å². The molecule has 23 heavy (non-hydrogen) atoms. The van der Waals surface area contributed by atoms with Gasteiger partial charge in [-0.1, -0.05) is 18.2 Å². The first kappa shape index (κ1) is 16.0. The van der Waals surface area contributed by atoms with Gasteiger partial charge in [-0.25, -0.2) is 0 Å². The summed E-state index contributed by atoms with van der Waals surface area (Å²) in [6.45, 7) is 1.49. The molecule has 1 amide bonds. The van der Waals surface area contributed by atoms with Gasteiger partial charge >= 0.3 is 5.69 Å². The molecule has 0 fully saturated rings. The molecular formula is C16H13N3O4. The maximum Gasteiger partial charge on any atom is 0.310 e. The summed E-state index contributed by atoms with van der Waals surface area (Å²) in [5.41, 5.74) is 0.653. The largest absolute Gasteiger partial charge is 0.474 e. The summed E-state index contributed by atoms with van der Waals surface area (Å²) in [5.74, 6) is -0.454. The molecular weight excluding hydrogens is 298 g/mol. The zero-order valence-corrected chi connectivity index (χ0v) is 12.2. The average Bonchev–Trinajstić information content (AvgIpc) is 2.55. The number of para-hydroxylation sites is 2. The van der Waals surface area contributed by atoms with Gasteiger partial charge in [-0.2, -0.15) is 5.26 Å². The van der Waals surface area contributed by atoms with Crippen molar-refractivity contribution in [2.75, 3.05) is 5.32 Å². The highest BCUT2D eigenvalue weighted by Crippen LogP contribution is 2.27. The van der Waals surface area contributed by atoms with Crippen molar-refractivity contribution in [1.29, 1.82) is 5.26 Å². The van der Waals surface area contributed by atoms with E-state index in [4.69, 9.17) is 10.00 Å². The van der Waals surface area contributed by atoms with Gasteiger partial charge < -0.3 is 10.1 Å². The number of nitro groups is 1. The van der Waals surface area contributed by atoms with Crippen molar-refractivity contribution < 1.29 is 14.5 Å². The molecule has 0 radical (unpaired) electrons. The number of carbonyl (C=O) groups excluding carboxylic acids is 1. The molecule has 0 heterocycles. The summed E-state index contributed by atoms with van der Waals surface area (Å²) in [5, 5.41) is 22.4. The Morgan fingerprint density at radius 1 is 1.30 bits per heavy atom. The van der Waals surface area contributed by atoms with Crippen LogP contribution in [-0.2, 0) is 4.79 Å². The normalized spacial score (nSPS) is 11.1. The van der Waals surface area contributed by atoms with E-state index in [0.717, 1.165) is 0 Å². The predicted octanol–water partition coefficient (Wildman–Crippen LogP) is 2.87. The average molecular weight is 311 g/mol. The monoisotopic (exact) mass is 311 g/mol. The third-order valence-corrected chi connectivity index (χ3v) is 2.99. The number of rotatable bonds is 5. The maximum atomic E-state index is 12.1. The molecule has 2 rings (SSSR count). The van der Waals surface area contributed by atoms with E-state index in [-0.39, 0.29) is 11.4 Å². The van der Waals surface area contributed by atoms with Gasteiger partial charge in [0.05, 0.1) is 16.6 Å². The molecule has 0 aliphatic rings. The van der Waals surface area contributed by atoms with Crippen LogP contribution in [0.15, 0.2) is 48.5 Å². The van der Waals surface area contributed by atoms with Gasteiger partial charge in [0.25, 0.3) is 5.91 Å². The van der Waals surface area contributed by atoms with Crippen molar-refractivity contribution in [3.8, 4) is 11.8 Å². The minimum Gasteiger partial charge on any atom is -0.474 e. The minimum atomic E-state index is -0.943. The highest BCUT2D eigenvalue weighted by atomic mass is 16.6. The van der Waals surface area contributed by atoms with Gasteiger partial charge in [0.1, 0.15) is 0 Å². The van der Waals surface area contributed by atoms with Crippen molar-refractivity contribution in [2.45, 2.75) is 13.0 Å². The molecule has 0 saturated carbocycles. The lowest BCUT2D eigenvalue weighted by molar-refractivity contribution is -0.386. The summed E-state index contributed by atoms with van der Waals surface area (Å²) in [6.07, 6.45) is -0.943. The topological polar surface area (TPSA) is 105 Å². The lowest BCUT2D eigenvalue weighted by Crippen LogP contribution is -2.30. The van der Waals surface area contributed by atoms with Crippen LogP contribution in [0.25, 0.3) is 0 Å². The third kappa shape index (κ3) is 4.04. The van der Waals surface area contributed by atoms with Gasteiger partial charge in [-0.05, 0) is 31.2 Å². The van der Waals surface area contributed by atoms with E-state index in [1.54, 1.807) is 24.3 Å². The molecule has 0 spiro atoms. The number of hydrogen-bond donors (Lipinski definition) is 1. The Bertz CT molecular complexity index is 783. The zero-order chi connectivity index (χ0) is 16.8. The number of nitrogens with one attached hydrogen (secondary N) is 1. The zero-order valence-electron chi connectivity index (χ0n) is 12.2. The van der Waals surface area contributed by atoms with E-state index in [0.29, 0.717) is 11.3 Å². The number of nitrogens with zero attached hydrogens (tertiary/aromatic N) is 2. The standard InChI is InChI=1S/C16H13N3O4/c1-11(23-15-8-3-2-7-14(15)19(21)22)16(20)18-13-6-4-5-12(9-13)10-17/h2-9,11H,1H3,(H,18,20). The number of hydrogen-bond acceptors (Lipinski definition) is 5. The number of ether oxygens (including phenoxy) is 1. The van der Waals surface area contributed by atoms with Crippen LogP contribution in [-0.4, -0.2) is 16.9 Å². The molecule has 2 aromatic carbocycles. The van der Waals surface area contributed by atoms with Gasteiger partial charge in [0.2, 0.25) is 0 Å². The SMILES string of the molecule is CC(Oc1ccccc1[N+](=O)[O-])C(=O)Nc1cccc(C#N)c1. The Morgan fingerprint density at radius 2 is 2.04 bits per heavy atom. The van der Waals surface area contributed by atoms with Crippen LogP contribution in [0.4, 0.5) is 11.4 Å². The molecule has 0 saturated heterocycles. The summed E-state index contributed by atoms with van der Waals surface area (Å²) in [4.78, 5) is 22.5. The minimum absolute atomic E-state index is 0.0194. The van der Waals surface area contributed by atoms with E-state index >= 15 is 0 Å². The maximum absolute atomic E-state index is 12.1.